The normalized spacial score (nSPS) is 27.9. The molecule has 2 aromatic rings. The van der Waals surface area contributed by atoms with E-state index in [9.17, 15) is 24.6 Å². The fraction of sp³-hybridized carbons (Fsp3) is 0.318. The molecular formula is C22H22N2O6. The first-order chi connectivity index (χ1) is 14.4. The van der Waals surface area contributed by atoms with Crippen molar-refractivity contribution >= 4 is 17.8 Å². The molecule has 30 heavy (non-hydrogen) atoms. The summed E-state index contributed by atoms with van der Waals surface area (Å²) in [6, 6.07) is 15.1. The molecule has 2 aliphatic heterocycles. The Kier molecular flexibility index (Phi) is 5.05. The van der Waals surface area contributed by atoms with E-state index in [1.165, 1.54) is 7.11 Å². The van der Waals surface area contributed by atoms with Crippen molar-refractivity contribution in [1.82, 2.24) is 10.2 Å². The van der Waals surface area contributed by atoms with Gasteiger partial charge in [-0.1, -0.05) is 48.5 Å². The van der Waals surface area contributed by atoms with Crippen molar-refractivity contribution in [1.29, 1.82) is 0 Å². The maximum absolute atomic E-state index is 13.4. The fourth-order valence-electron chi connectivity index (χ4n) is 4.58. The number of para-hydroxylation sites is 1. The number of hydrogen-bond acceptors (Lipinski definition) is 6. The third-order valence-electron chi connectivity index (χ3n) is 6.03. The van der Waals surface area contributed by atoms with Crippen LogP contribution in [0.5, 0.6) is 5.75 Å². The molecule has 0 spiro atoms. The Balaban J connectivity index is 1.80. The van der Waals surface area contributed by atoms with E-state index in [0.717, 1.165) is 10.5 Å². The molecule has 0 bridgehead atoms. The molecule has 0 aliphatic carbocycles. The predicted molar refractivity (Wildman–Crippen MR) is 105 cm³/mol. The van der Waals surface area contributed by atoms with Crippen LogP contribution in [0.1, 0.15) is 17.2 Å². The van der Waals surface area contributed by atoms with Crippen LogP contribution < -0.4 is 10.1 Å². The average Bonchev–Trinajstić information content (AvgIpc) is 3.24. The number of aliphatic carboxylic acids is 1. The number of aliphatic hydroxyl groups excluding tert-OH is 1. The Labute approximate surface area is 173 Å². The number of carbonyl (C=O) groups excluding carboxylic acids is 2. The van der Waals surface area contributed by atoms with Crippen LogP contribution in [0.25, 0.3) is 0 Å². The average molecular weight is 410 g/mol. The molecule has 2 heterocycles. The summed E-state index contributed by atoms with van der Waals surface area (Å²) in [6.07, 6.45) is 0. The van der Waals surface area contributed by atoms with Gasteiger partial charge in [-0.3, -0.25) is 24.6 Å². The smallest absolute Gasteiger partial charge is 0.327 e. The maximum Gasteiger partial charge on any atom is 0.327 e. The number of nitrogens with one attached hydrogen (secondary N) is 1. The third-order valence-corrected chi connectivity index (χ3v) is 6.03. The first-order valence-electron chi connectivity index (χ1n) is 9.58. The minimum absolute atomic E-state index is 0.0469. The monoisotopic (exact) mass is 410 g/mol. The molecule has 156 valence electrons. The highest BCUT2D eigenvalue weighted by atomic mass is 16.5. The van der Waals surface area contributed by atoms with Crippen LogP contribution in [0.3, 0.4) is 0 Å². The molecular weight excluding hydrogens is 388 g/mol. The van der Waals surface area contributed by atoms with Crippen LogP contribution in [0, 0.1) is 11.8 Å². The van der Waals surface area contributed by atoms with Gasteiger partial charge in [0.2, 0.25) is 11.8 Å². The Morgan fingerprint density at radius 2 is 1.77 bits per heavy atom. The number of benzene rings is 2. The Hall–Kier alpha value is -3.23. The van der Waals surface area contributed by atoms with Crippen molar-refractivity contribution in [3.63, 3.8) is 0 Å². The van der Waals surface area contributed by atoms with Crippen LogP contribution in [0.2, 0.25) is 0 Å². The lowest BCUT2D eigenvalue weighted by Gasteiger charge is -2.29. The second-order valence-corrected chi connectivity index (χ2v) is 7.55. The summed E-state index contributed by atoms with van der Waals surface area (Å²) in [4.78, 5) is 39.9. The quantitative estimate of drug-likeness (QED) is 0.608. The molecule has 0 saturated carbocycles. The van der Waals surface area contributed by atoms with Crippen LogP contribution in [-0.2, 0) is 20.9 Å². The molecule has 2 fully saturated rings. The van der Waals surface area contributed by atoms with Gasteiger partial charge in [0.1, 0.15) is 5.75 Å². The summed E-state index contributed by atoms with van der Waals surface area (Å²) in [5, 5.41) is 22.9. The van der Waals surface area contributed by atoms with Crippen molar-refractivity contribution in [2.24, 2.45) is 11.8 Å². The molecule has 0 aromatic heterocycles. The van der Waals surface area contributed by atoms with Crippen LogP contribution in [0.4, 0.5) is 0 Å². The molecule has 2 saturated heterocycles. The highest BCUT2D eigenvalue weighted by Gasteiger charge is 2.68. The van der Waals surface area contributed by atoms with E-state index in [0.29, 0.717) is 11.3 Å². The SMILES string of the molecule is COc1ccccc1C1NC(CO)(C(=O)O)C2C(=O)N(Cc3ccccc3)C(=O)C12. The standard InChI is InChI=1S/C22H22N2O6/c1-30-15-10-6-5-9-14(15)18-16-17(22(12-25,23-18)21(28)29)20(27)24(19(16)26)11-13-7-3-2-4-8-13/h2-10,16-18,23,25H,11-12H2,1H3,(H,28,29). The number of aliphatic hydroxyl groups is 1. The second kappa shape index (κ2) is 7.55. The number of carboxylic acids is 1. The molecule has 4 unspecified atom stereocenters. The molecule has 3 N–H and O–H groups in total. The van der Waals surface area contributed by atoms with Gasteiger partial charge in [-0.25, -0.2) is 0 Å². The van der Waals surface area contributed by atoms with Gasteiger partial charge in [-0.2, -0.15) is 0 Å². The number of carboxylic acid groups (broad SMARTS) is 1. The highest BCUT2D eigenvalue weighted by molar-refractivity contribution is 6.09. The van der Waals surface area contributed by atoms with E-state index in [-0.39, 0.29) is 6.54 Å². The van der Waals surface area contributed by atoms with E-state index in [1.54, 1.807) is 48.5 Å². The number of nitrogens with zero attached hydrogens (tertiary/aromatic N) is 1. The lowest BCUT2D eigenvalue weighted by Crippen LogP contribution is -2.58. The molecule has 8 nitrogen and oxygen atoms in total. The van der Waals surface area contributed by atoms with E-state index in [1.807, 2.05) is 6.07 Å². The van der Waals surface area contributed by atoms with Crippen molar-refractivity contribution in [2.45, 2.75) is 18.1 Å². The van der Waals surface area contributed by atoms with Gasteiger partial charge in [-0.05, 0) is 11.6 Å². The molecule has 8 heteroatoms. The number of carbonyl (C=O) groups is 3. The lowest BCUT2D eigenvalue weighted by atomic mass is 9.79. The minimum atomic E-state index is -1.96. The number of likely N-dealkylation sites (tertiary alicyclic amines) is 1. The number of amides is 2. The molecule has 2 aliphatic rings. The topological polar surface area (TPSA) is 116 Å². The number of imide groups is 1. The van der Waals surface area contributed by atoms with E-state index < -0.39 is 47.8 Å². The molecule has 2 aromatic carbocycles. The Bertz CT molecular complexity index is 994. The van der Waals surface area contributed by atoms with Crippen molar-refractivity contribution in [3.05, 3.63) is 65.7 Å². The zero-order valence-corrected chi connectivity index (χ0v) is 16.3. The number of hydrogen-bond donors (Lipinski definition) is 3. The maximum atomic E-state index is 13.4. The van der Waals surface area contributed by atoms with Crippen molar-refractivity contribution in [3.8, 4) is 5.75 Å². The summed E-state index contributed by atoms with van der Waals surface area (Å²) < 4.78 is 5.39. The molecule has 0 radical (unpaired) electrons. The Morgan fingerprint density at radius 1 is 1.10 bits per heavy atom. The molecule has 4 rings (SSSR count). The summed E-state index contributed by atoms with van der Waals surface area (Å²) in [5.41, 5.74) is -0.644. The minimum Gasteiger partial charge on any atom is -0.496 e. The summed E-state index contributed by atoms with van der Waals surface area (Å²) in [6.45, 7) is -0.779. The number of ether oxygens (including phenoxy) is 1. The number of rotatable bonds is 6. The van der Waals surface area contributed by atoms with Crippen molar-refractivity contribution < 1.29 is 29.3 Å². The second-order valence-electron chi connectivity index (χ2n) is 7.55. The van der Waals surface area contributed by atoms with Gasteiger partial charge in [-0.15, -0.1) is 0 Å². The molecule has 4 atom stereocenters. The van der Waals surface area contributed by atoms with Crippen LogP contribution in [0.15, 0.2) is 54.6 Å². The van der Waals surface area contributed by atoms with Gasteiger partial charge < -0.3 is 14.9 Å². The van der Waals surface area contributed by atoms with Gasteiger partial charge in [0, 0.05) is 11.6 Å². The summed E-state index contributed by atoms with van der Waals surface area (Å²) in [7, 11) is 1.48. The van der Waals surface area contributed by atoms with Crippen LogP contribution >= 0.6 is 0 Å². The van der Waals surface area contributed by atoms with Crippen molar-refractivity contribution in [2.75, 3.05) is 13.7 Å². The highest BCUT2D eigenvalue weighted by Crippen LogP contribution is 2.50. The third kappa shape index (κ3) is 2.88. The number of fused-ring (bicyclic) bond motifs is 1. The Morgan fingerprint density at radius 3 is 2.40 bits per heavy atom. The van der Waals surface area contributed by atoms with Gasteiger partial charge in [0.05, 0.1) is 32.1 Å². The first kappa shape index (κ1) is 20.1. The van der Waals surface area contributed by atoms with Gasteiger partial charge in [0.25, 0.3) is 0 Å². The molecule has 2 amide bonds. The summed E-state index contributed by atoms with van der Waals surface area (Å²) >= 11 is 0. The first-order valence-corrected chi connectivity index (χ1v) is 9.58. The van der Waals surface area contributed by atoms with E-state index >= 15 is 0 Å². The number of methoxy groups -OCH3 is 1. The summed E-state index contributed by atoms with van der Waals surface area (Å²) in [5.74, 6) is -4.18. The zero-order chi connectivity index (χ0) is 21.5. The largest absolute Gasteiger partial charge is 0.496 e. The lowest BCUT2D eigenvalue weighted by molar-refractivity contribution is -0.153. The van der Waals surface area contributed by atoms with Crippen LogP contribution in [-0.4, -0.2) is 52.2 Å². The fourth-order valence-corrected chi connectivity index (χ4v) is 4.58. The van der Waals surface area contributed by atoms with Gasteiger partial charge >= 0.3 is 5.97 Å². The van der Waals surface area contributed by atoms with E-state index in [4.69, 9.17) is 4.74 Å². The van der Waals surface area contributed by atoms with E-state index in [2.05, 4.69) is 5.32 Å². The predicted octanol–water partition coefficient (Wildman–Crippen LogP) is 0.957. The zero-order valence-electron chi connectivity index (χ0n) is 16.3. The van der Waals surface area contributed by atoms with Gasteiger partial charge in [0.15, 0.2) is 5.54 Å².